The average molecular weight is 226 g/mol. The van der Waals surface area contributed by atoms with E-state index in [9.17, 15) is 4.79 Å². The molecule has 3 N–H and O–H groups in total. The molecule has 3 unspecified atom stereocenters. The van der Waals surface area contributed by atoms with Crippen molar-refractivity contribution in [3.8, 4) is 0 Å². The number of carboxylic acids is 1. The molecule has 1 heterocycles. The molecule has 2 aliphatic rings. The van der Waals surface area contributed by atoms with Gasteiger partial charge in [-0.2, -0.15) is 0 Å². The van der Waals surface area contributed by atoms with E-state index < -0.39 is 11.5 Å². The number of carboxylic acid groups (broad SMARTS) is 1. The monoisotopic (exact) mass is 226 g/mol. The van der Waals surface area contributed by atoms with Gasteiger partial charge in [0.25, 0.3) is 0 Å². The van der Waals surface area contributed by atoms with Crippen molar-refractivity contribution in [3.63, 3.8) is 0 Å². The lowest BCUT2D eigenvalue weighted by molar-refractivity contribution is -0.143. The van der Waals surface area contributed by atoms with Crippen molar-refractivity contribution in [1.82, 2.24) is 4.90 Å². The molecule has 0 spiro atoms. The first kappa shape index (κ1) is 11.9. The van der Waals surface area contributed by atoms with Crippen LogP contribution in [0.4, 0.5) is 0 Å². The molecule has 4 nitrogen and oxygen atoms in total. The van der Waals surface area contributed by atoms with Crippen molar-refractivity contribution < 1.29 is 9.90 Å². The molecule has 0 aromatic heterocycles. The minimum Gasteiger partial charge on any atom is -0.480 e. The molecule has 2 fully saturated rings. The maximum Gasteiger partial charge on any atom is 0.324 e. The number of fused-ring (bicyclic) bond motifs is 1. The van der Waals surface area contributed by atoms with Crippen LogP contribution in [0.25, 0.3) is 0 Å². The smallest absolute Gasteiger partial charge is 0.324 e. The fourth-order valence-electron chi connectivity index (χ4n) is 3.19. The highest BCUT2D eigenvalue weighted by Crippen LogP contribution is 2.36. The summed E-state index contributed by atoms with van der Waals surface area (Å²) in [5, 5.41) is 9.05. The van der Waals surface area contributed by atoms with Gasteiger partial charge in [-0.3, -0.25) is 9.69 Å². The summed E-state index contributed by atoms with van der Waals surface area (Å²) >= 11 is 0. The third kappa shape index (κ3) is 2.23. The van der Waals surface area contributed by atoms with Crippen molar-refractivity contribution in [2.24, 2.45) is 11.7 Å². The molecule has 0 radical (unpaired) electrons. The van der Waals surface area contributed by atoms with Gasteiger partial charge in [0, 0.05) is 12.6 Å². The van der Waals surface area contributed by atoms with E-state index in [-0.39, 0.29) is 0 Å². The van der Waals surface area contributed by atoms with Crippen LogP contribution < -0.4 is 5.73 Å². The quantitative estimate of drug-likeness (QED) is 0.755. The highest BCUT2D eigenvalue weighted by atomic mass is 16.4. The van der Waals surface area contributed by atoms with Crippen LogP contribution >= 0.6 is 0 Å². The first-order chi connectivity index (χ1) is 7.50. The summed E-state index contributed by atoms with van der Waals surface area (Å²) in [4.78, 5) is 13.3. The van der Waals surface area contributed by atoms with Crippen LogP contribution in [0.1, 0.15) is 39.0 Å². The summed E-state index contributed by atoms with van der Waals surface area (Å²) in [6.45, 7) is 3.13. The Morgan fingerprint density at radius 3 is 2.81 bits per heavy atom. The predicted molar refractivity (Wildman–Crippen MR) is 62.2 cm³/mol. The second kappa shape index (κ2) is 4.34. The number of aliphatic carboxylic acids is 1. The van der Waals surface area contributed by atoms with E-state index in [1.807, 2.05) is 0 Å². The minimum absolute atomic E-state index is 0.490. The molecule has 0 aromatic carbocycles. The lowest BCUT2D eigenvalue weighted by Crippen LogP contribution is -2.55. The first-order valence-electron chi connectivity index (χ1n) is 6.27. The van der Waals surface area contributed by atoms with Crippen LogP contribution in [0.5, 0.6) is 0 Å². The molecule has 1 saturated heterocycles. The standard InChI is InChI=1S/C12H22N2O2/c1-12(13,11(15)16)8-14-7-6-9-4-2-3-5-10(9)14/h9-10H,2-8,13H2,1H3,(H,15,16). The van der Waals surface area contributed by atoms with Crippen molar-refractivity contribution in [2.75, 3.05) is 13.1 Å². The van der Waals surface area contributed by atoms with Gasteiger partial charge >= 0.3 is 5.97 Å². The Kier molecular flexibility index (Phi) is 3.22. The van der Waals surface area contributed by atoms with Crippen molar-refractivity contribution >= 4 is 5.97 Å². The highest BCUT2D eigenvalue weighted by molar-refractivity contribution is 5.78. The van der Waals surface area contributed by atoms with Gasteiger partial charge in [-0.25, -0.2) is 0 Å². The number of hydrogen-bond acceptors (Lipinski definition) is 3. The third-order valence-electron chi connectivity index (χ3n) is 4.15. The number of hydrogen-bond donors (Lipinski definition) is 2. The molecular weight excluding hydrogens is 204 g/mol. The van der Waals surface area contributed by atoms with Crippen LogP contribution in [0.2, 0.25) is 0 Å². The third-order valence-corrected chi connectivity index (χ3v) is 4.15. The van der Waals surface area contributed by atoms with Gasteiger partial charge in [0.15, 0.2) is 0 Å². The molecule has 0 amide bonds. The minimum atomic E-state index is -1.10. The Morgan fingerprint density at radius 1 is 1.44 bits per heavy atom. The number of carbonyl (C=O) groups is 1. The second-order valence-corrected chi connectivity index (χ2v) is 5.59. The molecule has 0 bridgehead atoms. The maximum atomic E-state index is 11.0. The Balaban J connectivity index is 1.98. The fourth-order valence-corrected chi connectivity index (χ4v) is 3.19. The van der Waals surface area contributed by atoms with Gasteiger partial charge in [-0.1, -0.05) is 12.8 Å². The van der Waals surface area contributed by atoms with E-state index in [2.05, 4.69) is 4.90 Å². The molecule has 2 rings (SSSR count). The summed E-state index contributed by atoms with van der Waals surface area (Å²) in [5.41, 5.74) is 4.72. The van der Waals surface area contributed by atoms with Crippen molar-refractivity contribution in [3.05, 3.63) is 0 Å². The van der Waals surface area contributed by atoms with Crippen LogP contribution in [-0.4, -0.2) is 40.6 Å². The molecule has 1 saturated carbocycles. The van der Waals surface area contributed by atoms with Crippen molar-refractivity contribution in [1.29, 1.82) is 0 Å². The normalized spacial score (nSPS) is 34.4. The van der Waals surface area contributed by atoms with Gasteiger partial charge in [0.1, 0.15) is 5.54 Å². The first-order valence-corrected chi connectivity index (χ1v) is 6.27. The molecule has 1 aliphatic carbocycles. The fraction of sp³-hybridized carbons (Fsp3) is 0.917. The molecule has 3 atom stereocenters. The van der Waals surface area contributed by atoms with Crippen molar-refractivity contribution in [2.45, 2.75) is 50.6 Å². The average Bonchev–Trinajstić information content (AvgIpc) is 2.61. The summed E-state index contributed by atoms with van der Waals surface area (Å²) < 4.78 is 0. The SMILES string of the molecule is CC(N)(CN1CCC2CCCCC21)C(=O)O. The van der Waals surface area contributed by atoms with E-state index in [0.717, 1.165) is 12.5 Å². The Morgan fingerprint density at radius 2 is 2.12 bits per heavy atom. The predicted octanol–water partition coefficient (Wildman–Crippen LogP) is 1.05. The Labute approximate surface area is 96.8 Å². The molecule has 92 valence electrons. The van der Waals surface area contributed by atoms with Crippen LogP contribution in [0.3, 0.4) is 0 Å². The van der Waals surface area contributed by atoms with E-state index in [4.69, 9.17) is 10.8 Å². The lowest BCUT2D eigenvalue weighted by atomic mass is 9.85. The van der Waals surface area contributed by atoms with Gasteiger partial charge in [-0.15, -0.1) is 0 Å². The molecular formula is C12H22N2O2. The van der Waals surface area contributed by atoms with E-state index in [1.54, 1.807) is 6.92 Å². The van der Waals surface area contributed by atoms with Crippen LogP contribution in [0.15, 0.2) is 0 Å². The molecule has 1 aliphatic heterocycles. The van der Waals surface area contributed by atoms with Gasteiger partial charge in [0.2, 0.25) is 0 Å². The summed E-state index contributed by atoms with van der Waals surface area (Å²) in [5.74, 6) is -0.106. The van der Waals surface area contributed by atoms with Crippen LogP contribution in [0, 0.1) is 5.92 Å². The summed E-state index contributed by atoms with van der Waals surface area (Å²) in [6, 6.07) is 0.593. The summed E-state index contributed by atoms with van der Waals surface area (Å²) in [6.07, 6.45) is 6.39. The maximum absolute atomic E-state index is 11.0. The number of nitrogens with zero attached hydrogens (tertiary/aromatic N) is 1. The zero-order valence-electron chi connectivity index (χ0n) is 9.98. The van der Waals surface area contributed by atoms with Gasteiger partial charge < -0.3 is 10.8 Å². The second-order valence-electron chi connectivity index (χ2n) is 5.59. The zero-order valence-corrected chi connectivity index (χ0v) is 9.98. The van der Waals surface area contributed by atoms with E-state index in [1.165, 1.54) is 32.1 Å². The van der Waals surface area contributed by atoms with Gasteiger partial charge in [-0.05, 0) is 38.6 Å². The van der Waals surface area contributed by atoms with E-state index in [0.29, 0.717) is 12.6 Å². The Hall–Kier alpha value is -0.610. The molecule has 0 aromatic rings. The topological polar surface area (TPSA) is 66.6 Å². The summed E-state index contributed by atoms with van der Waals surface area (Å²) in [7, 11) is 0. The van der Waals surface area contributed by atoms with E-state index >= 15 is 0 Å². The van der Waals surface area contributed by atoms with Crippen LogP contribution in [-0.2, 0) is 4.79 Å². The Bertz CT molecular complexity index is 278. The zero-order chi connectivity index (χ0) is 11.8. The number of nitrogens with two attached hydrogens (primary N) is 1. The largest absolute Gasteiger partial charge is 0.480 e. The molecule has 4 heteroatoms. The highest BCUT2D eigenvalue weighted by Gasteiger charge is 2.40. The van der Waals surface area contributed by atoms with Gasteiger partial charge in [0.05, 0.1) is 0 Å². The lowest BCUT2D eigenvalue weighted by Gasteiger charge is -2.35. The number of likely N-dealkylation sites (tertiary alicyclic amines) is 1. The molecule has 16 heavy (non-hydrogen) atoms. The number of rotatable bonds is 3.